The maximum Gasteiger partial charge on any atom is 0.181 e. The summed E-state index contributed by atoms with van der Waals surface area (Å²) in [5, 5.41) is 10.9. The first-order chi connectivity index (χ1) is 14.8. The molecule has 1 atom stereocenters. The zero-order chi connectivity index (χ0) is 22.6. The molecule has 1 aliphatic rings. The first-order valence-electron chi connectivity index (χ1n) is 10.4. The number of thiophene rings is 1. The number of aliphatic imine (C=N–C) groups is 1. The monoisotopic (exact) mass is 454 g/mol. The van der Waals surface area contributed by atoms with Gasteiger partial charge in [0.1, 0.15) is 17.7 Å². The number of ether oxygens (including phenoxy) is 2. The first-order valence-corrected chi connectivity index (χ1v) is 11.6. The summed E-state index contributed by atoms with van der Waals surface area (Å²) in [4.78, 5) is 5.95. The molecule has 0 unspecified atom stereocenters. The van der Waals surface area contributed by atoms with Crippen molar-refractivity contribution in [2.45, 2.75) is 47.0 Å². The molecule has 0 saturated heterocycles. The van der Waals surface area contributed by atoms with Crippen LogP contribution in [-0.4, -0.2) is 19.4 Å². The van der Waals surface area contributed by atoms with Gasteiger partial charge in [0, 0.05) is 11.1 Å². The molecule has 1 aromatic heterocycles. The predicted molar refractivity (Wildman–Crippen MR) is 128 cm³/mol. The highest BCUT2D eigenvalue weighted by molar-refractivity contribution is 7.16. The highest BCUT2D eigenvalue weighted by atomic mass is 35.5. The van der Waals surface area contributed by atoms with Crippen molar-refractivity contribution in [1.29, 1.82) is 5.26 Å². The smallest absolute Gasteiger partial charge is 0.181 e. The van der Waals surface area contributed by atoms with Gasteiger partial charge in [0.05, 0.1) is 17.2 Å². The summed E-state index contributed by atoms with van der Waals surface area (Å²) in [6, 6.07) is 5.95. The first kappa shape index (κ1) is 23.2. The Balaban J connectivity index is 1.91. The van der Waals surface area contributed by atoms with Crippen LogP contribution in [0.5, 0.6) is 11.5 Å². The van der Waals surface area contributed by atoms with Gasteiger partial charge in [-0.15, -0.1) is 17.8 Å². The normalized spacial score (nSPS) is 15.9. The fraction of sp³-hybridized carbons (Fsp3) is 0.440. The number of hydrogen-bond donors (Lipinski definition) is 0. The van der Waals surface area contributed by atoms with E-state index in [1.165, 1.54) is 10.4 Å². The number of fused-ring (bicyclic) bond motifs is 1. The molecule has 1 aliphatic carbocycles. The van der Waals surface area contributed by atoms with Gasteiger partial charge in [0.25, 0.3) is 0 Å². The van der Waals surface area contributed by atoms with Crippen LogP contribution in [0.25, 0.3) is 0 Å². The molecule has 3 rings (SSSR count). The van der Waals surface area contributed by atoms with Gasteiger partial charge in [-0.1, -0.05) is 38.3 Å². The molecule has 0 amide bonds. The van der Waals surface area contributed by atoms with E-state index in [1.54, 1.807) is 23.6 Å². The fourth-order valence-corrected chi connectivity index (χ4v) is 5.32. The maximum atomic E-state index is 9.77. The van der Waals surface area contributed by atoms with E-state index in [4.69, 9.17) is 27.5 Å². The molecule has 0 aliphatic heterocycles. The molecule has 0 bridgehead atoms. The third kappa shape index (κ3) is 5.24. The van der Waals surface area contributed by atoms with Crippen LogP contribution in [0.3, 0.4) is 0 Å². The Morgan fingerprint density at radius 3 is 2.77 bits per heavy atom. The summed E-state index contributed by atoms with van der Waals surface area (Å²) < 4.78 is 11.2. The summed E-state index contributed by atoms with van der Waals surface area (Å²) in [6.45, 7) is 9.33. The standard InChI is InChI=1S/C25H27ClN2O2S/c1-6-10-30-23-20(26)11-16(12-21(23)29-7-2)15-28-24-19(14-27)18-9-8-17(25(3,4)5)13-22(18)31-24/h1,11-12,15,17H,7-10,13H2,2-5H3/t17-/m1/s1. The van der Waals surface area contributed by atoms with Crippen LogP contribution >= 0.6 is 22.9 Å². The minimum absolute atomic E-state index is 0.106. The minimum Gasteiger partial charge on any atom is -0.490 e. The molecule has 2 aromatic rings. The summed E-state index contributed by atoms with van der Waals surface area (Å²) >= 11 is 8.03. The maximum absolute atomic E-state index is 9.77. The van der Waals surface area contributed by atoms with E-state index >= 15 is 0 Å². The van der Waals surface area contributed by atoms with Crippen molar-refractivity contribution in [3.05, 3.63) is 38.7 Å². The lowest BCUT2D eigenvalue weighted by atomic mass is 9.72. The van der Waals surface area contributed by atoms with Crippen molar-refractivity contribution in [2.24, 2.45) is 16.3 Å². The van der Waals surface area contributed by atoms with E-state index < -0.39 is 0 Å². The molecule has 1 heterocycles. The second kappa shape index (κ2) is 9.77. The molecular formula is C25H27ClN2O2S. The van der Waals surface area contributed by atoms with E-state index in [-0.39, 0.29) is 12.0 Å². The Labute approximate surface area is 193 Å². The van der Waals surface area contributed by atoms with Crippen LogP contribution in [0.2, 0.25) is 5.02 Å². The Bertz CT molecular complexity index is 1070. The molecule has 6 heteroatoms. The zero-order valence-corrected chi connectivity index (χ0v) is 20.0. The summed E-state index contributed by atoms with van der Waals surface area (Å²) in [7, 11) is 0. The van der Waals surface area contributed by atoms with Gasteiger partial charge in [-0.2, -0.15) is 5.26 Å². The molecule has 162 valence electrons. The van der Waals surface area contributed by atoms with Crippen molar-refractivity contribution in [1.82, 2.24) is 0 Å². The van der Waals surface area contributed by atoms with Crippen molar-refractivity contribution in [3.63, 3.8) is 0 Å². The number of benzene rings is 1. The number of hydrogen-bond acceptors (Lipinski definition) is 5. The van der Waals surface area contributed by atoms with Gasteiger partial charge < -0.3 is 9.47 Å². The van der Waals surface area contributed by atoms with Crippen molar-refractivity contribution in [2.75, 3.05) is 13.2 Å². The third-order valence-corrected chi connectivity index (χ3v) is 6.99. The highest BCUT2D eigenvalue weighted by Crippen LogP contribution is 2.45. The van der Waals surface area contributed by atoms with Gasteiger partial charge in [-0.25, -0.2) is 4.99 Å². The van der Waals surface area contributed by atoms with E-state index in [0.717, 1.165) is 29.8 Å². The molecule has 1 aromatic carbocycles. The van der Waals surface area contributed by atoms with Crippen LogP contribution in [-0.2, 0) is 12.8 Å². The lowest BCUT2D eigenvalue weighted by Gasteiger charge is -2.33. The number of nitrogens with zero attached hydrogens (tertiary/aromatic N) is 2. The highest BCUT2D eigenvalue weighted by Gasteiger charge is 2.32. The average Bonchev–Trinajstić information content (AvgIpc) is 3.08. The van der Waals surface area contributed by atoms with E-state index in [0.29, 0.717) is 34.6 Å². The summed E-state index contributed by atoms with van der Waals surface area (Å²) in [5.41, 5.74) is 2.90. The van der Waals surface area contributed by atoms with Gasteiger partial charge >= 0.3 is 0 Å². The molecule has 0 spiro atoms. The predicted octanol–water partition coefficient (Wildman–Crippen LogP) is 6.59. The minimum atomic E-state index is 0.106. The van der Waals surface area contributed by atoms with E-state index in [1.807, 2.05) is 13.0 Å². The van der Waals surface area contributed by atoms with Gasteiger partial charge in [0.15, 0.2) is 11.5 Å². The van der Waals surface area contributed by atoms with Crippen LogP contribution in [0, 0.1) is 35.0 Å². The zero-order valence-electron chi connectivity index (χ0n) is 18.4. The Morgan fingerprint density at radius 1 is 1.35 bits per heavy atom. The number of terminal acetylenes is 1. The van der Waals surface area contributed by atoms with Crippen LogP contribution in [0.1, 0.15) is 55.7 Å². The molecule has 0 radical (unpaired) electrons. The number of halogens is 1. The average molecular weight is 455 g/mol. The molecule has 4 nitrogen and oxygen atoms in total. The molecular weight excluding hydrogens is 428 g/mol. The quantitative estimate of drug-likeness (QED) is 0.365. The topological polar surface area (TPSA) is 54.6 Å². The second-order valence-electron chi connectivity index (χ2n) is 8.62. The third-order valence-electron chi connectivity index (χ3n) is 5.55. The van der Waals surface area contributed by atoms with Gasteiger partial charge in [-0.05, 0) is 60.8 Å². The van der Waals surface area contributed by atoms with Gasteiger partial charge in [0.2, 0.25) is 0 Å². The lowest BCUT2D eigenvalue weighted by molar-refractivity contribution is 0.218. The molecule has 0 fully saturated rings. The van der Waals surface area contributed by atoms with Crippen molar-refractivity contribution < 1.29 is 9.47 Å². The summed E-state index contributed by atoms with van der Waals surface area (Å²) in [5.74, 6) is 3.99. The SMILES string of the molecule is C#CCOc1c(Cl)cc(C=Nc2sc3c(c2C#N)CC[C@@H](C(C)(C)C)C3)cc1OCC. The summed E-state index contributed by atoms with van der Waals surface area (Å²) in [6.07, 6.45) is 10.1. The van der Waals surface area contributed by atoms with Crippen LogP contribution in [0.4, 0.5) is 5.00 Å². The number of rotatable bonds is 6. The van der Waals surface area contributed by atoms with Crippen LogP contribution < -0.4 is 9.47 Å². The fourth-order valence-electron chi connectivity index (χ4n) is 3.83. The van der Waals surface area contributed by atoms with Gasteiger partial charge in [-0.3, -0.25) is 0 Å². The van der Waals surface area contributed by atoms with Crippen molar-refractivity contribution >= 4 is 34.2 Å². The molecule has 31 heavy (non-hydrogen) atoms. The largest absolute Gasteiger partial charge is 0.490 e. The van der Waals surface area contributed by atoms with Crippen LogP contribution in [0.15, 0.2) is 17.1 Å². The molecule has 0 N–H and O–H groups in total. The van der Waals surface area contributed by atoms with Crippen molar-refractivity contribution in [3.8, 4) is 29.9 Å². The van der Waals surface area contributed by atoms with E-state index in [9.17, 15) is 5.26 Å². The number of nitriles is 1. The molecule has 0 saturated carbocycles. The van der Waals surface area contributed by atoms with E-state index in [2.05, 4.69) is 37.8 Å². The Morgan fingerprint density at radius 2 is 2.13 bits per heavy atom. The lowest BCUT2D eigenvalue weighted by Crippen LogP contribution is -2.26. The Hall–Kier alpha value is -2.47. The second-order valence-corrected chi connectivity index (χ2v) is 10.1. The Kier molecular flexibility index (Phi) is 7.31.